The van der Waals surface area contributed by atoms with Gasteiger partial charge in [-0.25, -0.2) is 14.5 Å². The lowest BCUT2D eigenvalue weighted by molar-refractivity contribution is 0.0515. The third-order valence-corrected chi connectivity index (χ3v) is 2.10. The predicted octanol–water partition coefficient (Wildman–Crippen LogP) is 1.03. The molecule has 0 aliphatic carbocycles. The summed E-state index contributed by atoms with van der Waals surface area (Å²) < 4.78 is 6.23. The molecule has 0 bridgehead atoms. The SMILES string of the molecule is CCCc1nc(C)c(C(=O)OCC)n1N. The molecule has 0 amide bonds. The molecule has 0 aliphatic rings. The van der Waals surface area contributed by atoms with E-state index in [2.05, 4.69) is 4.98 Å². The molecule has 0 aliphatic heterocycles. The van der Waals surface area contributed by atoms with E-state index < -0.39 is 5.97 Å². The Bertz CT molecular complexity index is 358. The van der Waals surface area contributed by atoms with E-state index in [0.717, 1.165) is 18.7 Å². The quantitative estimate of drug-likeness (QED) is 0.596. The van der Waals surface area contributed by atoms with Crippen molar-refractivity contribution in [2.45, 2.75) is 33.6 Å². The van der Waals surface area contributed by atoms with Crippen LogP contribution in [0, 0.1) is 6.92 Å². The standard InChI is InChI=1S/C10H17N3O2/c1-4-6-8-12-7(3)9(13(8)11)10(14)15-5-2/h4-6,11H2,1-3H3. The fourth-order valence-corrected chi connectivity index (χ4v) is 1.45. The van der Waals surface area contributed by atoms with Crippen LogP contribution in [-0.2, 0) is 11.2 Å². The molecule has 0 saturated carbocycles. The third-order valence-electron chi connectivity index (χ3n) is 2.10. The van der Waals surface area contributed by atoms with Gasteiger partial charge < -0.3 is 10.6 Å². The van der Waals surface area contributed by atoms with Crippen molar-refractivity contribution in [2.24, 2.45) is 0 Å². The van der Waals surface area contributed by atoms with E-state index in [4.69, 9.17) is 10.6 Å². The Morgan fingerprint density at radius 1 is 1.53 bits per heavy atom. The van der Waals surface area contributed by atoms with E-state index >= 15 is 0 Å². The van der Waals surface area contributed by atoms with E-state index in [9.17, 15) is 4.79 Å². The summed E-state index contributed by atoms with van der Waals surface area (Å²) in [5, 5.41) is 0. The fraction of sp³-hybridized carbons (Fsp3) is 0.600. The summed E-state index contributed by atoms with van der Waals surface area (Å²) in [7, 11) is 0. The number of nitrogens with zero attached hydrogens (tertiary/aromatic N) is 2. The minimum absolute atomic E-state index is 0.340. The van der Waals surface area contributed by atoms with Crippen LogP contribution in [0.15, 0.2) is 0 Å². The van der Waals surface area contributed by atoms with Crippen LogP contribution in [0.1, 0.15) is 42.3 Å². The molecule has 1 rings (SSSR count). The third kappa shape index (κ3) is 2.29. The molecule has 0 spiro atoms. The molecule has 5 nitrogen and oxygen atoms in total. The molecule has 84 valence electrons. The number of aryl methyl sites for hydroxylation is 2. The highest BCUT2D eigenvalue weighted by Crippen LogP contribution is 2.11. The summed E-state index contributed by atoms with van der Waals surface area (Å²) >= 11 is 0. The van der Waals surface area contributed by atoms with Crippen molar-refractivity contribution in [2.75, 3.05) is 12.4 Å². The number of hydrogen-bond acceptors (Lipinski definition) is 4. The van der Waals surface area contributed by atoms with E-state index in [0.29, 0.717) is 18.0 Å². The van der Waals surface area contributed by atoms with E-state index in [1.165, 1.54) is 4.68 Å². The van der Waals surface area contributed by atoms with Gasteiger partial charge in [0.05, 0.1) is 12.3 Å². The molecule has 15 heavy (non-hydrogen) atoms. The zero-order chi connectivity index (χ0) is 11.4. The van der Waals surface area contributed by atoms with Gasteiger partial charge >= 0.3 is 5.97 Å². The van der Waals surface area contributed by atoms with Gasteiger partial charge in [-0.2, -0.15) is 0 Å². The molecule has 0 saturated heterocycles. The first-order valence-corrected chi connectivity index (χ1v) is 5.12. The van der Waals surface area contributed by atoms with Crippen LogP contribution in [0.25, 0.3) is 0 Å². The first-order chi connectivity index (χ1) is 7.11. The predicted molar refractivity (Wildman–Crippen MR) is 57.1 cm³/mol. The topological polar surface area (TPSA) is 70.1 Å². The van der Waals surface area contributed by atoms with Crippen molar-refractivity contribution >= 4 is 5.97 Å². The van der Waals surface area contributed by atoms with E-state index in [1.54, 1.807) is 13.8 Å². The lowest BCUT2D eigenvalue weighted by Gasteiger charge is -2.04. The van der Waals surface area contributed by atoms with Gasteiger partial charge in [0.25, 0.3) is 0 Å². The Morgan fingerprint density at radius 2 is 2.20 bits per heavy atom. The van der Waals surface area contributed by atoms with Crippen LogP contribution in [0.2, 0.25) is 0 Å². The Balaban J connectivity index is 3.02. The summed E-state index contributed by atoms with van der Waals surface area (Å²) in [5.41, 5.74) is 0.972. The Morgan fingerprint density at radius 3 is 2.73 bits per heavy atom. The molecule has 0 aromatic carbocycles. The van der Waals surface area contributed by atoms with Gasteiger partial charge in [-0.3, -0.25) is 0 Å². The van der Waals surface area contributed by atoms with Crippen LogP contribution in [-0.4, -0.2) is 22.2 Å². The number of aromatic nitrogens is 2. The number of nitrogens with two attached hydrogens (primary N) is 1. The second-order valence-electron chi connectivity index (χ2n) is 3.30. The van der Waals surface area contributed by atoms with Crippen LogP contribution in [0.3, 0.4) is 0 Å². The summed E-state index contributed by atoms with van der Waals surface area (Å²) in [6, 6.07) is 0. The second kappa shape index (κ2) is 4.82. The highest BCUT2D eigenvalue weighted by molar-refractivity contribution is 5.89. The molecule has 1 heterocycles. The van der Waals surface area contributed by atoms with E-state index in [1.807, 2.05) is 6.92 Å². The minimum Gasteiger partial charge on any atom is -0.461 e. The number of rotatable bonds is 4. The summed E-state index contributed by atoms with van der Waals surface area (Å²) in [5.74, 6) is 6.09. The largest absolute Gasteiger partial charge is 0.461 e. The molecule has 0 atom stereocenters. The first kappa shape index (κ1) is 11.6. The molecule has 0 unspecified atom stereocenters. The number of carbonyl (C=O) groups is 1. The number of esters is 1. The summed E-state index contributed by atoms with van der Waals surface area (Å²) in [6.07, 6.45) is 1.70. The monoisotopic (exact) mass is 211 g/mol. The minimum atomic E-state index is -0.410. The van der Waals surface area contributed by atoms with Gasteiger partial charge in [0.2, 0.25) is 0 Å². The lowest BCUT2D eigenvalue weighted by atomic mass is 10.3. The van der Waals surface area contributed by atoms with Gasteiger partial charge in [0, 0.05) is 6.42 Å². The van der Waals surface area contributed by atoms with Gasteiger partial charge in [0.1, 0.15) is 5.82 Å². The van der Waals surface area contributed by atoms with Gasteiger partial charge in [-0.15, -0.1) is 0 Å². The zero-order valence-electron chi connectivity index (χ0n) is 9.41. The lowest BCUT2D eigenvalue weighted by Crippen LogP contribution is -2.21. The maximum absolute atomic E-state index is 11.5. The number of imidazole rings is 1. The van der Waals surface area contributed by atoms with Crippen LogP contribution < -0.4 is 5.84 Å². The van der Waals surface area contributed by atoms with Crippen molar-refractivity contribution in [3.05, 3.63) is 17.2 Å². The Hall–Kier alpha value is -1.52. The van der Waals surface area contributed by atoms with Crippen molar-refractivity contribution in [3.8, 4) is 0 Å². The summed E-state index contributed by atoms with van der Waals surface area (Å²) in [4.78, 5) is 15.8. The van der Waals surface area contributed by atoms with Crippen molar-refractivity contribution in [1.82, 2.24) is 9.66 Å². The Kier molecular flexibility index (Phi) is 3.71. The molecule has 1 aromatic heterocycles. The molecular formula is C10H17N3O2. The fourth-order valence-electron chi connectivity index (χ4n) is 1.45. The Labute approximate surface area is 89.2 Å². The highest BCUT2D eigenvalue weighted by atomic mass is 16.5. The number of carbonyl (C=O) groups excluding carboxylic acids is 1. The zero-order valence-corrected chi connectivity index (χ0v) is 9.41. The molecule has 0 fully saturated rings. The molecule has 1 aromatic rings. The number of hydrogen-bond donors (Lipinski definition) is 1. The van der Waals surface area contributed by atoms with Gasteiger partial charge in [0.15, 0.2) is 5.69 Å². The smallest absolute Gasteiger partial charge is 0.358 e. The molecule has 5 heteroatoms. The van der Waals surface area contributed by atoms with Crippen LogP contribution in [0.5, 0.6) is 0 Å². The summed E-state index contributed by atoms with van der Waals surface area (Å²) in [6.45, 7) is 5.90. The van der Waals surface area contributed by atoms with Crippen molar-refractivity contribution in [1.29, 1.82) is 0 Å². The van der Waals surface area contributed by atoms with Crippen LogP contribution >= 0.6 is 0 Å². The van der Waals surface area contributed by atoms with Crippen molar-refractivity contribution in [3.63, 3.8) is 0 Å². The number of nitrogen functional groups attached to an aromatic ring is 1. The average molecular weight is 211 g/mol. The van der Waals surface area contributed by atoms with E-state index in [-0.39, 0.29) is 0 Å². The maximum Gasteiger partial charge on any atom is 0.358 e. The molecule has 0 radical (unpaired) electrons. The van der Waals surface area contributed by atoms with Gasteiger partial charge in [-0.05, 0) is 20.3 Å². The first-order valence-electron chi connectivity index (χ1n) is 5.12. The second-order valence-corrected chi connectivity index (χ2v) is 3.30. The van der Waals surface area contributed by atoms with Gasteiger partial charge in [-0.1, -0.05) is 6.92 Å². The highest BCUT2D eigenvalue weighted by Gasteiger charge is 2.19. The molecule has 2 N–H and O–H groups in total. The van der Waals surface area contributed by atoms with Crippen molar-refractivity contribution < 1.29 is 9.53 Å². The average Bonchev–Trinajstić information content (AvgIpc) is 2.43. The van der Waals surface area contributed by atoms with Crippen LogP contribution in [0.4, 0.5) is 0 Å². The molecular weight excluding hydrogens is 194 g/mol. The maximum atomic E-state index is 11.5. The normalized spacial score (nSPS) is 10.3. The number of ether oxygens (including phenoxy) is 1.